The van der Waals surface area contributed by atoms with Gasteiger partial charge >= 0.3 is 6.18 Å². The van der Waals surface area contributed by atoms with Gasteiger partial charge in [-0.15, -0.1) is 11.3 Å². The van der Waals surface area contributed by atoms with Gasteiger partial charge in [0, 0.05) is 53.9 Å². The van der Waals surface area contributed by atoms with Crippen molar-refractivity contribution >= 4 is 22.9 Å². The number of benzene rings is 1. The van der Waals surface area contributed by atoms with E-state index < -0.39 is 18.0 Å². The summed E-state index contributed by atoms with van der Waals surface area (Å²) in [5, 5.41) is 3.61. The van der Waals surface area contributed by atoms with Crippen molar-refractivity contribution < 1.29 is 27.4 Å². The summed E-state index contributed by atoms with van der Waals surface area (Å²) in [5.74, 6) is -0.892. The van der Waals surface area contributed by atoms with Crippen molar-refractivity contribution in [2.75, 3.05) is 31.3 Å². The monoisotopic (exact) mass is 533 g/mol. The summed E-state index contributed by atoms with van der Waals surface area (Å²) in [6.45, 7) is 6.22. The van der Waals surface area contributed by atoms with Crippen molar-refractivity contribution in [2.24, 2.45) is 0 Å². The van der Waals surface area contributed by atoms with Gasteiger partial charge in [0.05, 0.1) is 23.8 Å². The number of thiazole rings is 1. The van der Waals surface area contributed by atoms with Gasteiger partial charge in [0.1, 0.15) is 11.6 Å². The Hall–Kier alpha value is -3.25. The highest BCUT2D eigenvalue weighted by molar-refractivity contribution is 7.15. The number of hydrogen-bond acceptors (Lipinski definition) is 8. The van der Waals surface area contributed by atoms with Crippen LogP contribution in [0.4, 0.5) is 18.9 Å². The number of hydrogen-bond donors (Lipinski definition) is 1. The standard InChI is InChI=1S/C25H26F3N5O3S/c1-14-11-29-23(37-14)19-9-16(10-20-21(19)36-8-5-33(20)18-3-6-35-7-4-18)22(34)32-15(2)17-12-30-24(31-13-17)25(26,27)28/h9-13,15,18H,3-8H2,1-2H3,(H,32,34)/t15-/m1/s1. The summed E-state index contributed by atoms with van der Waals surface area (Å²) < 4.78 is 50.1. The molecule has 12 heteroatoms. The van der Waals surface area contributed by atoms with E-state index in [1.54, 1.807) is 19.2 Å². The predicted octanol–water partition coefficient (Wildman–Crippen LogP) is 4.80. The van der Waals surface area contributed by atoms with Crippen LogP contribution in [-0.2, 0) is 10.9 Å². The first kappa shape index (κ1) is 25.4. The molecule has 37 heavy (non-hydrogen) atoms. The summed E-state index contributed by atoms with van der Waals surface area (Å²) in [6, 6.07) is 3.23. The molecule has 1 N–H and O–H groups in total. The minimum Gasteiger partial charge on any atom is -0.489 e. The zero-order chi connectivity index (χ0) is 26.2. The van der Waals surface area contributed by atoms with Crippen LogP contribution in [0.5, 0.6) is 5.75 Å². The van der Waals surface area contributed by atoms with Gasteiger partial charge in [0.2, 0.25) is 5.82 Å². The number of fused-ring (bicyclic) bond motifs is 1. The molecule has 1 saturated heterocycles. The molecular formula is C25H26F3N5O3S. The van der Waals surface area contributed by atoms with Crippen LogP contribution in [0.3, 0.4) is 0 Å². The molecule has 2 aliphatic rings. The van der Waals surface area contributed by atoms with Crippen LogP contribution >= 0.6 is 11.3 Å². The summed E-state index contributed by atoms with van der Waals surface area (Å²) in [4.78, 5) is 28.0. The van der Waals surface area contributed by atoms with Crippen LogP contribution in [-0.4, -0.2) is 53.3 Å². The van der Waals surface area contributed by atoms with Gasteiger partial charge < -0.3 is 19.7 Å². The molecule has 5 rings (SSSR count). The Balaban J connectivity index is 1.47. The van der Waals surface area contributed by atoms with Gasteiger partial charge in [-0.1, -0.05) is 0 Å². The lowest BCUT2D eigenvalue weighted by molar-refractivity contribution is -0.145. The first-order valence-corrected chi connectivity index (χ1v) is 12.8. The molecule has 0 unspecified atom stereocenters. The van der Waals surface area contributed by atoms with Crippen LogP contribution in [0.1, 0.15) is 52.4 Å². The minimum absolute atomic E-state index is 0.267. The average Bonchev–Trinajstić information content (AvgIpc) is 3.33. The molecular weight excluding hydrogens is 507 g/mol. The third-order valence-electron chi connectivity index (χ3n) is 6.48. The van der Waals surface area contributed by atoms with Gasteiger partial charge in [-0.25, -0.2) is 15.0 Å². The molecule has 3 aromatic rings. The fraction of sp³-hybridized carbons (Fsp3) is 0.440. The maximum absolute atomic E-state index is 13.4. The first-order chi connectivity index (χ1) is 17.7. The average molecular weight is 534 g/mol. The van der Waals surface area contributed by atoms with E-state index in [0.717, 1.165) is 46.4 Å². The Labute approximate surface area is 215 Å². The summed E-state index contributed by atoms with van der Waals surface area (Å²) in [7, 11) is 0. The Morgan fingerprint density at radius 2 is 1.86 bits per heavy atom. The van der Waals surface area contributed by atoms with Crippen molar-refractivity contribution in [3.05, 3.63) is 52.6 Å². The number of carbonyl (C=O) groups is 1. The van der Waals surface area contributed by atoms with E-state index in [-0.39, 0.29) is 11.9 Å². The van der Waals surface area contributed by atoms with Crippen molar-refractivity contribution in [3.63, 3.8) is 0 Å². The molecule has 0 saturated carbocycles. The molecule has 0 spiro atoms. The van der Waals surface area contributed by atoms with Crippen LogP contribution in [0.2, 0.25) is 0 Å². The van der Waals surface area contributed by atoms with Crippen molar-refractivity contribution in [1.29, 1.82) is 0 Å². The highest BCUT2D eigenvalue weighted by Gasteiger charge is 2.35. The van der Waals surface area contributed by atoms with E-state index in [4.69, 9.17) is 9.47 Å². The topological polar surface area (TPSA) is 89.5 Å². The number of aryl methyl sites for hydroxylation is 1. The summed E-state index contributed by atoms with van der Waals surface area (Å²) in [5.41, 5.74) is 2.34. The van der Waals surface area contributed by atoms with E-state index in [9.17, 15) is 18.0 Å². The number of carbonyl (C=O) groups excluding carboxylic acids is 1. The van der Waals surface area contributed by atoms with Crippen LogP contribution in [0, 0.1) is 6.92 Å². The molecule has 196 valence electrons. The molecule has 1 fully saturated rings. The highest BCUT2D eigenvalue weighted by Crippen LogP contribution is 2.44. The molecule has 4 heterocycles. The lowest BCUT2D eigenvalue weighted by Gasteiger charge is -2.40. The lowest BCUT2D eigenvalue weighted by Crippen LogP contribution is -2.44. The molecule has 8 nitrogen and oxygen atoms in total. The van der Waals surface area contributed by atoms with E-state index in [0.29, 0.717) is 43.2 Å². The van der Waals surface area contributed by atoms with E-state index in [1.165, 1.54) is 11.3 Å². The number of rotatable bonds is 5. The number of nitrogens with one attached hydrogen (secondary N) is 1. The van der Waals surface area contributed by atoms with Crippen LogP contribution < -0.4 is 15.0 Å². The number of halogens is 3. The van der Waals surface area contributed by atoms with Gasteiger partial charge in [-0.3, -0.25) is 4.79 Å². The SMILES string of the molecule is Cc1cnc(-c2cc(C(=O)N[C@H](C)c3cnc(C(F)(F)F)nc3)cc3c2OCCN3C2CCOCC2)s1. The zero-order valence-electron chi connectivity index (χ0n) is 20.3. The number of nitrogens with zero attached hydrogens (tertiary/aromatic N) is 4. The predicted molar refractivity (Wildman–Crippen MR) is 132 cm³/mol. The van der Waals surface area contributed by atoms with Gasteiger partial charge in [0.15, 0.2) is 5.75 Å². The quantitative estimate of drug-likeness (QED) is 0.504. The smallest absolute Gasteiger partial charge is 0.451 e. The molecule has 2 aromatic heterocycles. The molecule has 0 aliphatic carbocycles. The van der Waals surface area contributed by atoms with Gasteiger partial charge in [-0.2, -0.15) is 13.2 Å². The molecule has 1 aromatic carbocycles. The Bertz CT molecular complexity index is 1280. The normalized spacial score (nSPS) is 17.2. The van der Waals surface area contributed by atoms with Crippen LogP contribution in [0.25, 0.3) is 10.6 Å². The van der Waals surface area contributed by atoms with Gasteiger partial charge in [0.25, 0.3) is 5.91 Å². The number of alkyl halides is 3. The summed E-state index contributed by atoms with van der Waals surface area (Å²) >= 11 is 1.52. The number of amides is 1. The van der Waals surface area contributed by atoms with Crippen molar-refractivity contribution in [3.8, 4) is 16.3 Å². The first-order valence-electron chi connectivity index (χ1n) is 12.0. The fourth-order valence-corrected chi connectivity index (χ4v) is 5.34. The Kier molecular flexibility index (Phi) is 7.04. The van der Waals surface area contributed by atoms with Crippen LogP contribution in [0.15, 0.2) is 30.7 Å². The van der Waals surface area contributed by atoms with Crippen molar-refractivity contribution in [2.45, 2.75) is 44.9 Å². The molecule has 1 amide bonds. The Morgan fingerprint density at radius 1 is 1.14 bits per heavy atom. The van der Waals surface area contributed by atoms with E-state index >= 15 is 0 Å². The fourth-order valence-electron chi connectivity index (χ4n) is 4.56. The lowest BCUT2D eigenvalue weighted by atomic mass is 10.0. The number of anilines is 1. The summed E-state index contributed by atoms with van der Waals surface area (Å²) in [6.07, 6.45) is 1.08. The van der Waals surface area contributed by atoms with Crippen molar-refractivity contribution in [1.82, 2.24) is 20.3 Å². The van der Waals surface area contributed by atoms with Gasteiger partial charge in [-0.05, 0) is 38.8 Å². The molecule has 2 aliphatic heterocycles. The third-order valence-corrected chi connectivity index (χ3v) is 7.42. The third kappa shape index (κ3) is 5.40. The minimum atomic E-state index is -4.63. The second-order valence-corrected chi connectivity index (χ2v) is 10.3. The molecule has 1 atom stereocenters. The molecule has 0 bridgehead atoms. The largest absolute Gasteiger partial charge is 0.489 e. The van der Waals surface area contributed by atoms with E-state index in [1.807, 2.05) is 13.0 Å². The maximum Gasteiger partial charge on any atom is 0.451 e. The maximum atomic E-state index is 13.4. The Morgan fingerprint density at radius 3 is 2.51 bits per heavy atom. The number of aromatic nitrogens is 3. The van der Waals surface area contributed by atoms with E-state index in [2.05, 4.69) is 25.2 Å². The highest BCUT2D eigenvalue weighted by atomic mass is 32.1. The molecule has 0 radical (unpaired) electrons. The zero-order valence-corrected chi connectivity index (χ0v) is 21.2. The number of ether oxygens (including phenoxy) is 2. The second-order valence-electron chi connectivity index (χ2n) is 9.07. The second kappa shape index (κ2) is 10.3.